The summed E-state index contributed by atoms with van der Waals surface area (Å²) in [5.74, 6) is 0. The van der Waals surface area contributed by atoms with Crippen molar-refractivity contribution < 1.29 is 0 Å². The van der Waals surface area contributed by atoms with Crippen molar-refractivity contribution in [3.63, 3.8) is 0 Å². The lowest BCUT2D eigenvalue weighted by molar-refractivity contribution is 0.408. The minimum Gasteiger partial charge on any atom is -0.375 e. The van der Waals surface area contributed by atoms with E-state index in [4.69, 9.17) is 0 Å². The van der Waals surface area contributed by atoms with Crippen LogP contribution in [0.5, 0.6) is 0 Å². The number of likely N-dealkylation sites (tertiary alicyclic amines) is 1. The Bertz CT molecular complexity index is 224. The predicted molar refractivity (Wildman–Crippen MR) is 55.1 cm³/mol. The SMILES string of the molecule is BrC1=CC=C(N2CCCC2)CC1. The molecule has 0 atom stereocenters. The van der Waals surface area contributed by atoms with Crippen molar-refractivity contribution in [1.82, 2.24) is 4.90 Å². The molecule has 2 aliphatic rings. The zero-order chi connectivity index (χ0) is 8.39. The lowest BCUT2D eigenvalue weighted by Gasteiger charge is -2.23. The molecule has 66 valence electrons. The maximum atomic E-state index is 3.52. The molecule has 0 aromatic heterocycles. The van der Waals surface area contributed by atoms with Crippen LogP contribution < -0.4 is 0 Å². The van der Waals surface area contributed by atoms with Crippen molar-refractivity contribution in [1.29, 1.82) is 0 Å². The first-order valence-electron chi connectivity index (χ1n) is 4.66. The highest BCUT2D eigenvalue weighted by molar-refractivity contribution is 9.11. The highest BCUT2D eigenvalue weighted by Gasteiger charge is 2.15. The lowest BCUT2D eigenvalue weighted by Crippen LogP contribution is -2.19. The summed E-state index contributed by atoms with van der Waals surface area (Å²) in [4.78, 5) is 2.52. The van der Waals surface area contributed by atoms with Gasteiger partial charge in [0.25, 0.3) is 0 Å². The average Bonchev–Trinajstić information content (AvgIpc) is 2.58. The molecule has 0 aromatic carbocycles. The predicted octanol–water partition coefficient (Wildman–Crippen LogP) is 3.04. The Kier molecular flexibility index (Phi) is 2.54. The van der Waals surface area contributed by atoms with Crippen molar-refractivity contribution in [3.8, 4) is 0 Å². The summed E-state index contributed by atoms with van der Waals surface area (Å²) in [6.07, 6.45) is 9.61. The van der Waals surface area contributed by atoms with E-state index in [-0.39, 0.29) is 0 Å². The summed E-state index contributed by atoms with van der Waals surface area (Å²) in [6, 6.07) is 0. The third kappa shape index (κ3) is 1.74. The molecule has 0 unspecified atom stereocenters. The van der Waals surface area contributed by atoms with Crippen LogP contribution in [-0.4, -0.2) is 18.0 Å². The van der Waals surface area contributed by atoms with Crippen LogP contribution >= 0.6 is 15.9 Å². The molecule has 0 aromatic rings. The fraction of sp³-hybridized carbons (Fsp3) is 0.600. The van der Waals surface area contributed by atoms with E-state index in [0.29, 0.717) is 0 Å². The van der Waals surface area contributed by atoms with Gasteiger partial charge in [0.05, 0.1) is 0 Å². The van der Waals surface area contributed by atoms with Crippen molar-refractivity contribution in [3.05, 3.63) is 22.3 Å². The number of hydrogen-bond acceptors (Lipinski definition) is 1. The summed E-state index contributed by atoms with van der Waals surface area (Å²) in [5.41, 5.74) is 1.54. The summed E-state index contributed by atoms with van der Waals surface area (Å²) in [5, 5.41) is 0. The third-order valence-corrected chi connectivity index (χ3v) is 3.25. The maximum Gasteiger partial charge on any atom is 0.0175 e. The first-order chi connectivity index (χ1) is 5.86. The zero-order valence-electron chi connectivity index (χ0n) is 7.22. The van der Waals surface area contributed by atoms with E-state index < -0.39 is 0 Å². The first kappa shape index (κ1) is 8.36. The van der Waals surface area contributed by atoms with Crippen LogP contribution in [0, 0.1) is 0 Å². The summed E-state index contributed by atoms with van der Waals surface area (Å²) in [6.45, 7) is 2.55. The van der Waals surface area contributed by atoms with Gasteiger partial charge in [0.15, 0.2) is 0 Å². The van der Waals surface area contributed by atoms with Crippen LogP contribution in [0.2, 0.25) is 0 Å². The monoisotopic (exact) mass is 227 g/mol. The molecule has 1 aliphatic carbocycles. The number of rotatable bonds is 1. The number of hydrogen-bond donors (Lipinski definition) is 0. The fourth-order valence-electron chi connectivity index (χ4n) is 1.87. The molecule has 0 N–H and O–H groups in total. The van der Waals surface area contributed by atoms with Crippen LogP contribution in [0.25, 0.3) is 0 Å². The highest BCUT2D eigenvalue weighted by atomic mass is 79.9. The Morgan fingerprint density at radius 2 is 1.83 bits per heavy atom. The molecule has 12 heavy (non-hydrogen) atoms. The van der Waals surface area contributed by atoms with Crippen molar-refractivity contribution >= 4 is 15.9 Å². The third-order valence-electron chi connectivity index (χ3n) is 2.59. The van der Waals surface area contributed by atoms with Gasteiger partial charge in [-0.15, -0.1) is 0 Å². The molecule has 1 heterocycles. The molecule has 2 heteroatoms. The van der Waals surface area contributed by atoms with Gasteiger partial charge in [0, 0.05) is 18.8 Å². The summed E-state index contributed by atoms with van der Waals surface area (Å²) < 4.78 is 1.34. The van der Waals surface area contributed by atoms with Crippen LogP contribution in [0.3, 0.4) is 0 Å². The van der Waals surface area contributed by atoms with E-state index >= 15 is 0 Å². The van der Waals surface area contributed by atoms with Crippen molar-refractivity contribution in [2.45, 2.75) is 25.7 Å². The molecule has 0 saturated carbocycles. The van der Waals surface area contributed by atoms with Gasteiger partial charge in [-0.3, -0.25) is 0 Å². The maximum absolute atomic E-state index is 3.52. The second-order valence-electron chi connectivity index (χ2n) is 3.47. The average molecular weight is 228 g/mol. The van der Waals surface area contributed by atoms with Crippen molar-refractivity contribution in [2.24, 2.45) is 0 Å². The van der Waals surface area contributed by atoms with Crippen LogP contribution in [0.15, 0.2) is 22.3 Å². The minimum absolute atomic E-state index is 1.18. The Morgan fingerprint density at radius 1 is 1.08 bits per heavy atom. The fourth-order valence-corrected chi connectivity index (χ4v) is 2.20. The molecular weight excluding hydrogens is 214 g/mol. The van der Waals surface area contributed by atoms with Gasteiger partial charge < -0.3 is 4.90 Å². The van der Waals surface area contributed by atoms with Gasteiger partial charge in [0.2, 0.25) is 0 Å². The van der Waals surface area contributed by atoms with Crippen LogP contribution in [0.1, 0.15) is 25.7 Å². The van der Waals surface area contributed by atoms with Gasteiger partial charge in [-0.2, -0.15) is 0 Å². The molecule has 1 aliphatic heterocycles. The Labute approximate surface area is 82.3 Å². The molecule has 0 bridgehead atoms. The standard InChI is InChI=1S/C10H14BrN/c11-9-3-5-10(6-4-9)12-7-1-2-8-12/h3,5H,1-2,4,6-8H2. The quantitative estimate of drug-likeness (QED) is 0.666. The smallest absolute Gasteiger partial charge is 0.0175 e. The number of halogens is 1. The molecule has 1 fully saturated rings. The Balaban J connectivity index is 2.04. The van der Waals surface area contributed by atoms with E-state index in [1.54, 1.807) is 0 Å². The second-order valence-corrected chi connectivity index (χ2v) is 4.48. The summed E-state index contributed by atoms with van der Waals surface area (Å²) in [7, 11) is 0. The largest absolute Gasteiger partial charge is 0.375 e. The molecular formula is C10H14BrN. The highest BCUT2D eigenvalue weighted by Crippen LogP contribution is 2.26. The van der Waals surface area contributed by atoms with Gasteiger partial charge in [-0.05, 0) is 36.2 Å². The van der Waals surface area contributed by atoms with E-state index in [1.165, 1.54) is 49.0 Å². The molecule has 1 nitrogen and oxygen atoms in total. The van der Waals surface area contributed by atoms with Gasteiger partial charge in [-0.25, -0.2) is 0 Å². The lowest BCUT2D eigenvalue weighted by atomic mass is 10.1. The van der Waals surface area contributed by atoms with E-state index in [1.807, 2.05) is 0 Å². The van der Waals surface area contributed by atoms with Crippen LogP contribution in [-0.2, 0) is 0 Å². The number of allylic oxidation sites excluding steroid dienone is 4. The zero-order valence-corrected chi connectivity index (χ0v) is 8.81. The Morgan fingerprint density at radius 3 is 2.42 bits per heavy atom. The summed E-state index contributed by atoms with van der Waals surface area (Å²) >= 11 is 3.52. The molecule has 0 spiro atoms. The van der Waals surface area contributed by atoms with E-state index in [2.05, 4.69) is 33.0 Å². The van der Waals surface area contributed by atoms with Gasteiger partial charge in [-0.1, -0.05) is 22.0 Å². The molecule has 0 amide bonds. The van der Waals surface area contributed by atoms with Gasteiger partial charge in [0.1, 0.15) is 0 Å². The van der Waals surface area contributed by atoms with Crippen LogP contribution in [0.4, 0.5) is 0 Å². The normalized spacial score (nSPS) is 23.9. The van der Waals surface area contributed by atoms with Gasteiger partial charge >= 0.3 is 0 Å². The topological polar surface area (TPSA) is 3.24 Å². The van der Waals surface area contributed by atoms with Crippen molar-refractivity contribution in [2.75, 3.05) is 13.1 Å². The van der Waals surface area contributed by atoms with E-state index in [9.17, 15) is 0 Å². The first-order valence-corrected chi connectivity index (χ1v) is 5.46. The second kappa shape index (κ2) is 3.65. The molecule has 0 radical (unpaired) electrons. The number of nitrogens with zero attached hydrogens (tertiary/aromatic N) is 1. The minimum atomic E-state index is 1.18. The molecule has 1 saturated heterocycles. The Hall–Kier alpha value is -0.240. The van der Waals surface area contributed by atoms with E-state index in [0.717, 1.165) is 0 Å². The molecule has 2 rings (SSSR count).